The molecule has 0 amide bonds. The third-order valence-electron chi connectivity index (χ3n) is 2.56. The summed E-state index contributed by atoms with van der Waals surface area (Å²) < 4.78 is 3.84. The molecule has 0 saturated carbocycles. The van der Waals surface area contributed by atoms with Crippen molar-refractivity contribution in [1.82, 2.24) is 25.0 Å². The van der Waals surface area contributed by atoms with E-state index in [0.29, 0.717) is 0 Å². The van der Waals surface area contributed by atoms with Gasteiger partial charge < -0.3 is 0 Å². The van der Waals surface area contributed by atoms with Crippen LogP contribution in [0, 0.1) is 0 Å². The molecule has 3 heterocycles. The number of tetrazole rings is 1. The van der Waals surface area contributed by atoms with Gasteiger partial charge in [0.05, 0.1) is 5.52 Å². The van der Waals surface area contributed by atoms with Crippen molar-refractivity contribution in [3.05, 3.63) is 30.6 Å². The van der Waals surface area contributed by atoms with Crippen LogP contribution < -0.4 is 0 Å². The van der Waals surface area contributed by atoms with Crippen LogP contribution >= 0.6 is 11.3 Å². The fourth-order valence-corrected chi connectivity index (χ4v) is 2.97. The molecule has 76 valence electrons. The number of benzene rings is 1. The van der Waals surface area contributed by atoms with E-state index in [0.717, 1.165) is 21.3 Å². The molecule has 1 aromatic carbocycles. The zero-order valence-electron chi connectivity index (χ0n) is 8.03. The molecular weight excluding hydrogens is 222 g/mol. The SMILES string of the molecule is c1ccc2c(c1)sc1c2ncn2nnnc12. The predicted molar refractivity (Wildman–Crippen MR) is 61.5 cm³/mol. The van der Waals surface area contributed by atoms with Gasteiger partial charge in [0.2, 0.25) is 0 Å². The van der Waals surface area contributed by atoms with Crippen LogP contribution in [0.15, 0.2) is 30.6 Å². The second-order valence-corrected chi connectivity index (χ2v) is 4.52. The third kappa shape index (κ3) is 0.892. The minimum atomic E-state index is 0.770. The Kier molecular flexibility index (Phi) is 1.39. The van der Waals surface area contributed by atoms with Crippen LogP contribution in [-0.4, -0.2) is 25.0 Å². The number of fused-ring (bicyclic) bond motifs is 5. The Hall–Kier alpha value is -2.08. The number of nitrogens with zero attached hydrogens (tertiary/aromatic N) is 5. The summed E-state index contributed by atoms with van der Waals surface area (Å²) in [5, 5.41) is 12.7. The van der Waals surface area contributed by atoms with E-state index in [9.17, 15) is 0 Å². The van der Waals surface area contributed by atoms with Gasteiger partial charge >= 0.3 is 0 Å². The Morgan fingerprint density at radius 2 is 2.12 bits per heavy atom. The summed E-state index contributed by atoms with van der Waals surface area (Å²) in [6.45, 7) is 0. The summed E-state index contributed by atoms with van der Waals surface area (Å²) in [6.07, 6.45) is 1.65. The standard InChI is InChI=1S/C10H5N5S/c1-2-4-7-6(3-1)8-9(16-7)10-12-13-14-15(10)5-11-8/h1-5H. The molecule has 0 spiro atoms. The second kappa shape index (κ2) is 2.73. The molecule has 0 aliphatic carbocycles. The van der Waals surface area contributed by atoms with E-state index in [1.54, 1.807) is 22.2 Å². The van der Waals surface area contributed by atoms with Crippen LogP contribution in [0.1, 0.15) is 0 Å². The number of hydrogen-bond acceptors (Lipinski definition) is 5. The van der Waals surface area contributed by atoms with Gasteiger partial charge in [0.25, 0.3) is 0 Å². The van der Waals surface area contributed by atoms with Crippen molar-refractivity contribution in [3.63, 3.8) is 0 Å². The molecule has 0 fully saturated rings. The molecule has 4 aromatic rings. The van der Waals surface area contributed by atoms with Crippen LogP contribution in [0.3, 0.4) is 0 Å². The minimum absolute atomic E-state index is 0.770. The molecule has 0 bridgehead atoms. The maximum absolute atomic E-state index is 4.40. The van der Waals surface area contributed by atoms with Gasteiger partial charge in [0.15, 0.2) is 5.65 Å². The van der Waals surface area contributed by atoms with Crippen LogP contribution in [-0.2, 0) is 0 Å². The minimum Gasteiger partial charge on any atom is -0.234 e. The van der Waals surface area contributed by atoms with Gasteiger partial charge in [-0.1, -0.05) is 18.2 Å². The molecule has 6 heteroatoms. The average molecular weight is 227 g/mol. The molecule has 4 rings (SSSR count). The molecule has 5 nitrogen and oxygen atoms in total. The average Bonchev–Trinajstić information content (AvgIpc) is 2.92. The Labute approximate surface area is 93.3 Å². The van der Waals surface area contributed by atoms with Crippen LogP contribution in [0.5, 0.6) is 0 Å². The summed E-state index contributed by atoms with van der Waals surface area (Å²) in [5.41, 5.74) is 1.74. The molecular formula is C10H5N5S. The summed E-state index contributed by atoms with van der Waals surface area (Å²) >= 11 is 1.67. The zero-order valence-corrected chi connectivity index (χ0v) is 8.85. The number of rotatable bonds is 0. The van der Waals surface area contributed by atoms with Gasteiger partial charge in [-0.05, 0) is 16.5 Å². The molecule has 0 atom stereocenters. The highest BCUT2D eigenvalue weighted by atomic mass is 32.1. The van der Waals surface area contributed by atoms with Gasteiger partial charge in [-0.15, -0.1) is 16.4 Å². The van der Waals surface area contributed by atoms with E-state index < -0.39 is 0 Å². The smallest absolute Gasteiger partial charge is 0.200 e. The van der Waals surface area contributed by atoms with Gasteiger partial charge in [-0.3, -0.25) is 0 Å². The Morgan fingerprint density at radius 3 is 3.12 bits per heavy atom. The summed E-state index contributed by atoms with van der Waals surface area (Å²) in [5.74, 6) is 0. The molecule has 0 aliphatic rings. The van der Waals surface area contributed by atoms with Crippen LogP contribution in [0.25, 0.3) is 25.9 Å². The van der Waals surface area contributed by atoms with Gasteiger partial charge in [-0.25, -0.2) is 4.98 Å². The normalized spacial score (nSPS) is 11.8. The van der Waals surface area contributed by atoms with Crippen molar-refractivity contribution >= 4 is 37.3 Å². The highest BCUT2D eigenvalue weighted by Gasteiger charge is 2.10. The Morgan fingerprint density at radius 1 is 1.19 bits per heavy atom. The van der Waals surface area contributed by atoms with E-state index >= 15 is 0 Å². The lowest BCUT2D eigenvalue weighted by Gasteiger charge is -1.90. The highest BCUT2D eigenvalue weighted by molar-refractivity contribution is 7.26. The maximum Gasteiger partial charge on any atom is 0.200 e. The number of aromatic nitrogens is 5. The van der Waals surface area contributed by atoms with Crippen molar-refractivity contribution in [3.8, 4) is 0 Å². The van der Waals surface area contributed by atoms with Crippen molar-refractivity contribution in [2.75, 3.05) is 0 Å². The van der Waals surface area contributed by atoms with Crippen molar-refractivity contribution < 1.29 is 0 Å². The van der Waals surface area contributed by atoms with Crippen molar-refractivity contribution in [2.45, 2.75) is 0 Å². The number of hydrogen-bond donors (Lipinski definition) is 0. The summed E-state index contributed by atoms with van der Waals surface area (Å²) in [4.78, 5) is 4.40. The van der Waals surface area contributed by atoms with Gasteiger partial charge in [0.1, 0.15) is 11.0 Å². The Balaban J connectivity index is 2.38. The zero-order chi connectivity index (χ0) is 10.5. The first-order valence-corrected chi connectivity index (χ1v) is 5.59. The first-order chi connectivity index (χ1) is 7.93. The van der Waals surface area contributed by atoms with E-state index in [1.807, 2.05) is 12.1 Å². The molecule has 3 aromatic heterocycles. The van der Waals surface area contributed by atoms with Crippen molar-refractivity contribution in [1.29, 1.82) is 0 Å². The maximum atomic E-state index is 4.40. The lowest BCUT2D eigenvalue weighted by atomic mass is 10.2. The summed E-state index contributed by atoms with van der Waals surface area (Å²) in [7, 11) is 0. The van der Waals surface area contributed by atoms with Gasteiger partial charge in [-0.2, -0.15) is 4.52 Å². The molecule has 0 unspecified atom stereocenters. The first kappa shape index (κ1) is 8.12. The topological polar surface area (TPSA) is 56.0 Å². The summed E-state index contributed by atoms with van der Waals surface area (Å²) in [6, 6.07) is 8.20. The van der Waals surface area contributed by atoms with E-state index in [1.165, 1.54) is 4.70 Å². The first-order valence-electron chi connectivity index (χ1n) is 4.77. The highest BCUT2D eigenvalue weighted by Crippen LogP contribution is 2.33. The van der Waals surface area contributed by atoms with E-state index in [-0.39, 0.29) is 0 Å². The lowest BCUT2D eigenvalue weighted by Crippen LogP contribution is -1.88. The molecule has 0 saturated heterocycles. The van der Waals surface area contributed by atoms with E-state index in [4.69, 9.17) is 0 Å². The third-order valence-corrected chi connectivity index (χ3v) is 3.72. The van der Waals surface area contributed by atoms with Crippen molar-refractivity contribution in [2.24, 2.45) is 0 Å². The molecule has 0 N–H and O–H groups in total. The second-order valence-electron chi connectivity index (χ2n) is 3.47. The Bertz CT molecular complexity index is 816. The lowest BCUT2D eigenvalue weighted by molar-refractivity contribution is 0.813. The monoisotopic (exact) mass is 227 g/mol. The van der Waals surface area contributed by atoms with Gasteiger partial charge in [0, 0.05) is 10.1 Å². The van der Waals surface area contributed by atoms with E-state index in [2.05, 4.69) is 32.6 Å². The fourth-order valence-electron chi connectivity index (χ4n) is 1.84. The number of thiophene rings is 1. The largest absolute Gasteiger partial charge is 0.234 e. The predicted octanol–water partition coefficient (Wildman–Crippen LogP) is 1.89. The van der Waals surface area contributed by atoms with Crippen LogP contribution in [0.2, 0.25) is 0 Å². The molecule has 0 radical (unpaired) electrons. The van der Waals surface area contributed by atoms with Crippen LogP contribution in [0.4, 0.5) is 0 Å². The quantitative estimate of drug-likeness (QED) is 0.460. The molecule has 0 aliphatic heterocycles. The fraction of sp³-hybridized carbons (Fsp3) is 0. The molecule has 16 heavy (non-hydrogen) atoms.